The first kappa shape index (κ1) is 18.4. The van der Waals surface area contributed by atoms with Crippen molar-refractivity contribution in [3.05, 3.63) is 64.4 Å². The zero-order valence-electron chi connectivity index (χ0n) is 14.6. The van der Waals surface area contributed by atoms with Gasteiger partial charge in [0.25, 0.3) is 11.8 Å². The van der Waals surface area contributed by atoms with E-state index in [0.29, 0.717) is 23.6 Å². The van der Waals surface area contributed by atoms with Crippen LogP contribution in [0.3, 0.4) is 0 Å². The predicted molar refractivity (Wildman–Crippen MR) is 101 cm³/mol. The molecule has 2 aromatic rings. The van der Waals surface area contributed by atoms with Crippen LogP contribution in [0.15, 0.2) is 42.6 Å². The van der Waals surface area contributed by atoms with Crippen LogP contribution in [0.5, 0.6) is 0 Å². The second-order valence-electron chi connectivity index (χ2n) is 6.41. The lowest BCUT2D eigenvalue weighted by Crippen LogP contribution is -2.35. The van der Waals surface area contributed by atoms with Crippen molar-refractivity contribution in [2.75, 3.05) is 19.6 Å². The van der Waals surface area contributed by atoms with E-state index in [1.807, 2.05) is 29.2 Å². The van der Waals surface area contributed by atoms with Gasteiger partial charge in [-0.25, -0.2) is 0 Å². The summed E-state index contributed by atoms with van der Waals surface area (Å²) >= 11 is 5.86. The van der Waals surface area contributed by atoms with Gasteiger partial charge in [-0.2, -0.15) is 0 Å². The highest BCUT2D eigenvalue weighted by molar-refractivity contribution is 6.30. The number of piperidine rings is 1. The van der Waals surface area contributed by atoms with Gasteiger partial charge in [-0.05, 0) is 55.5 Å². The van der Waals surface area contributed by atoms with E-state index < -0.39 is 0 Å². The second kappa shape index (κ2) is 8.81. The SMILES string of the molecule is O=C(NCCc1ccc(Cl)cc1)c1cc(C(=O)N2CCCCC2)ccn1. The molecule has 1 aromatic heterocycles. The van der Waals surface area contributed by atoms with Crippen molar-refractivity contribution in [1.82, 2.24) is 15.2 Å². The Kier molecular flexibility index (Phi) is 6.23. The first-order valence-corrected chi connectivity index (χ1v) is 9.29. The lowest BCUT2D eigenvalue weighted by Gasteiger charge is -2.26. The van der Waals surface area contributed by atoms with E-state index in [2.05, 4.69) is 10.3 Å². The first-order valence-electron chi connectivity index (χ1n) is 8.91. The minimum Gasteiger partial charge on any atom is -0.350 e. The molecule has 2 amide bonds. The van der Waals surface area contributed by atoms with Crippen molar-refractivity contribution in [2.45, 2.75) is 25.7 Å². The summed E-state index contributed by atoms with van der Waals surface area (Å²) in [6, 6.07) is 10.8. The number of nitrogens with one attached hydrogen (secondary N) is 1. The van der Waals surface area contributed by atoms with E-state index in [0.717, 1.165) is 31.5 Å². The maximum Gasteiger partial charge on any atom is 0.269 e. The number of amides is 2. The van der Waals surface area contributed by atoms with Gasteiger partial charge < -0.3 is 10.2 Å². The number of nitrogens with zero attached hydrogens (tertiary/aromatic N) is 2. The molecular weight excluding hydrogens is 350 g/mol. The average Bonchev–Trinajstić information content (AvgIpc) is 2.69. The number of halogens is 1. The fourth-order valence-electron chi connectivity index (χ4n) is 3.03. The highest BCUT2D eigenvalue weighted by Crippen LogP contribution is 2.14. The summed E-state index contributed by atoms with van der Waals surface area (Å²) in [5.74, 6) is -0.297. The van der Waals surface area contributed by atoms with Crippen LogP contribution in [0, 0.1) is 0 Å². The standard InChI is InChI=1S/C20H22ClN3O2/c21-17-6-4-15(5-7-17)8-10-23-19(25)18-14-16(9-11-22-18)20(26)24-12-2-1-3-13-24/h4-7,9,11,14H,1-3,8,10,12-13H2,(H,23,25). The molecule has 1 N–H and O–H groups in total. The molecule has 0 saturated carbocycles. The summed E-state index contributed by atoms with van der Waals surface area (Å²) in [6.07, 6.45) is 5.46. The Morgan fingerprint density at radius 2 is 1.81 bits per heavy atom. The molecule has 26 heavy (non-hydrogen) atoms. The van der Waals surface area contributed by atoms with Crippen LogP contribution in [-0.4, -0.2) is 41.3 Å². The van der Waals surface area contributed by atoms with E-state index in [1.54, 1.807) is 12.1 Å². The molecular formula is C20H22ClN3O2. The number of carbonyl (C=O) groups excluding carboxylic acids is 2. The molecule has 1 aromatic carbocycles. The third-order valence-electron chi connectivity index (χ3n) is 4.50. The maximum atomic E-state index is 12.6. The fraction of sp³-hybridized carbons (Fsp3) is 0.350. The van der Waals surface area contributed by atoms with E-state index in [9.17, 15) is 9.59 Å². The van der Waals surface area contributed by atoms with Crippen molar-refractivity contribution in [3.8, 4) is 0 Å². The van der Waals surface area contributed by atoms with Crippen molar-refractivity contribution in [3.63, 3.8) is 0 Å². The van der Waals surface area contributed by atoms with Gasteiger partial charge in [0.05, 0.1) is 0 Å². The summed E-state index contributed by atoms with van der Waals surface area (Å²) in [7, 11) is 0. The number of carbonyl (C=O) groups is 2. The zero-order valence-corrected chi connectivity index (χ0v) is 15.3. The van der Waals surface area contributed by atoms with Gasteiger partial charge in [-0.15, -0.1) is 0 Å². The van der Waals surface area contributed by atoms with Crippen LogP contribution in [0.2, 0.25) is 5.02 Å². The zero-order chi connectivity index (χ0) is 18.4. The van der Waals surface area contributed by atoms with Crippen LogP contribution < -0.4 is 5.32 Å². The number of aromatic nitrogens is 1. The highest BCUT2D eigenvalue weighted by atomic mass is 35.5. The smallest absolute Gasteiger partial charge is 0.269 e. The van der Waals surface area contributed by atoms with Gasteiger partial charge in [-0.1, -0.05) is 23.7 Å². The van der Waals surface area contributed by atoms with Crippen molar-refractivity contribution in [2.24, 2.45) is 0 Å². The molecule has 2 heterocycles. The molecule has 1 saturated heterocycles. The van der Waals surface area contributed by atoms with Gasteiger partial charge in [-0.3, -0.25) is 14.6 Å². The quantitative estimate of drug-likeness (QED) is 0.876. The van der Waals surface area contributed by atoms with Crippen molar-refractivity contribution >= 4 is 23.4 Å². The molecule has 6 heteroatoms. The molecule has 3 rings (SSSR count). The Morgan fingerprint density at radius 1 is 1.08 bits per heavy atom. The molecule has 1 fully saturated rings. The Balaban J connectivity index is 1.57. The lowest BCUT2D eigenvalue weighted by atomic mass is 10.1. The van der Waals surface area contributed by atoms with Gasteiger partial charge in [0, 0.05) is 36.4 Å². The summed E-state index contributed by atoms with van der Waals surface area (Å²) in [5.41, 5.74) is 1.88. The van der Waals surface area contributed by atoms with E-state index >= 15 is 0 Å². The van der Waals surface area contributed by atoms with Gasteiger partial charge in [0.2, 0.25) is 0 Å². The summed E-state index contributed by atoms with van der Waals surface area (Å²) in [6.45, 7) is 2.06. The van der Waals surface area contributed by atoms with Gasteiger partial charge in [0.15, 0.2) is 0 Å². The third-order valence-corrected chi connectivity index (χ3v) is 4.75. The molecule has 0 spiro atoms. The van der Waals surface area contributed by atoms with Crippen LogP contribution in [0.1, 0.15) is 45.7 Å². The first-order chi connectivity index (χ1) is 12.6. The van der Waals surface area contributed by atoms with Crippen LogP contribution in [0.4, 0.5) is 0 Å². The van der Waals surface area contributed by atoms with Gasteiger partial charge in [0.1, 0.15) is 5.69 Å². The van der Waals surface area contributed by atoms with E-state index in [-0.39, 0.29) is 17.5 Å². The number of rotatable bonds is 5. The largest absolute Gasteiger partial charge is 0.350 e. The van der Waals surface area contributed by atoms with Crippen LogP contribution in [-0.2, 0) is 6.42 Å². The number of pyridine rings is 1. The second-order valence-corrected chi connectivity index (χ2v) is 6.85. The summed E-state index contributed by atoms with van der Waals surface area (Å²) in [4.78, 5) is 30.8. The maximum absolute atomic E-state index is 12.6. The number of hydrogen-bond acceptors (Lipinski definition) is 3. The third kappa shape index (κ3) is 4.82. The van der Waals surface area contributed by atoms with E-state index in [1.165, 1.54) is 12.6 Å². The Bertz CT molecular complexity index is 771. The number of hydrogen-bond donors (Lipinski definition) is 1. The number of benzene rings is 1. The highest BCUT2D eigenvalue weighted by Gasteiger charge is 2.19. The molecule has 136 valence electrons. The summed E-state index contributed by atoms with van der Waals surface area (Å²) < 4.78 is 0. The normalized spacial score (nSPS) is 14.1. The van der Waals surface area contributed by atoms with E-state index in [4.69, 9.17) is 11.6 Å². The fourth-order valence-corrected chi connectivity index (χ4v) is 3.16. The lowest BCUT2D eigenvalue weighted by molar-refractivity contribution is 0.0724. The topological polar surface area (TPSA) is 62.3 Å². The molecule has 0 atom stereocenters. The number of likely N-dealkylation sites (tertiary alicyclic amines) is 1. The Labute approximate surface area is 158 Å². The van der Waals surface area contributed by atoms with Gasteiger partial charge >= 0.3 is 0 Å². The van der Waals surface area contributed by atoms with Crippen molar-refractivity contribution < 1.29 is 9.59 Å². The minimum atomic E-state index is -0.271. The minimum absolute atomic E-state index is 0.0256. The molecule has 0 unspecified atom stereocenters. The Hall–Kier alpha value is -2.40. The molecule has 0 radical (unpaired) electrons. The molecule has 1 aliphatic rings. The monoisotopic (exact) mass is 371 g/mol. The van der Waals surface area contributed by atoms with Crippen LogP contribution >= 0.6 is 11.6 Å². The average molecular weight is 372 g/mol. The molecule has 0 bridgehead atoms. The van der Waals surface area contributed by atoms with Crippen molar-refractivity contribution in [1.29, 1.82) is 0 Å². The molecule has 1 aliphatic heterocycles. The van der Waals surface area contributed by atoms with Crippen LogP contribution in [0.25, 0.3) is 0 Å². The molecule has 0 aliphatic carbocycles. The molecule has 5 nitrogen and oxygen atoms in total. The predicted octanol–water partition coefficient (Wildman–Crippen LogP) is 3.33. The summed E-state index contributed by atoms with van der Waals surface area (Å²) in [5, 5.41) is 3.54. The Morgan fingerprint density at radius 3 is 2.54 bits per heavy atom.